The Labute approximate surface area is 96.5 Å². The Balaban J connectivity index is 1.97. The maximum Gasteiger partial charge on any atom is 0.149 e. The van der Waals surface area contributed by atoms with Crippen LogP contribution >= 0.6 is 0 Å². The number of hydrogen-bond donors (Lipinski definition) is 0. The molecule has 0 spiro atoms. The SMILES string of the molecule is CN(Cc1ccccn1)C1CCCCC1=O. The molecule has 86 valence electrons. The zero-order chi connectivity index (χ0) is 11.4. The van der Waals surface area contributed by atoms with Crippen molar-refractivity contribution in [3.8, 4) is 0 Å². The summed E-state index contributed by atoms with van der Waals surface area (Å²) in [6.45, 7) is 0.761. The molecule has 1 aliphatic rings. The molecule has 0 amide bonds. The molecule has 3 heteroatoms. The zero-order valence-corrected chi connectivity index (χ0v) is 9.72. The van der Waals surface area contributed by atoms with Crippen molar-refractivity contribution in [3.05, 3.63) is 30.1 Å². The van der Waals surface area contributed by atoms with Crippen LogP contribution in [0.3, 0.4) is 0 Å². The molecule has 0 saturated heterocycles. The number of ketones is 1. The van der Waals surface area contributed by atoms with E-state index in [1.165, 1.54) is 6.42 Å². The Morgan fingerprint density at radius 2 is 2.31 bits per heavy atom. The number of nitrogens with zero attached hydrogens (tertiary/aromatic N) is 2. The van der Waals surface area contributed by atoms with Gasteiger partial charge in [0.1, 0.15) is 5.78 Å². The molecule has 1 fully saturated rings. The zero-order valence-electron chi connectivity index (χ0n) is 9.72. The molecule has 1 aliphatic carbocycles. The van der Waals surface area contributed by atoms with Gasteiger partial charge in [0.25, 0.3) is 0 Å². The van der Waals surface area contributed by atoms with Crippen LogP contribution < -0.4 is 0 Å². The third-order valence-electron chi connectivity index (χ3n) is 3.19. The molecule has 0 N–H and O–H groups in total. The van der Waals surface area contributed by atoms with Gasteiger partial charge < -0.3 is 0 Å². The van der Waals surface area contributed by atoms with Crippen LogP contribution in [-0.4, -0.2) is 28.8 Å². The summed E-state index contributed by atoms with van der Waals surface area (Å²) in [5, 5.41) is 0. The van der Waals surface area contributed by atoms with E-state index in [1.54, 1.807) is 6.20 Å². The van der Waals surface area contributed by atoms with E-state index in [1.807, 2.05) is 25.2 Å². The van der Waals surface area contributed by atoms with Crippen molar-refractivity contribution in [2.75, 3.05) is 7.05 Å². The molecule has 0 aromatic carbocycles. The van der Waals surface area contributed by atoms with Gasteiger partial charge in [-0.1, -0.05) is 12.5 Å². The number of carbonyl (C=O) groups is 1. The Morgan fingerprint density at radius 1 is 1.44 bits per heavy atom. The standard InChI is InChI=1S/C13H18N2O/c1-15(10-11-6-4-5-9-14-11)12-7-2-3-8-13(12)16/h4-6,9,12H,2-3,7-8,10H2,1H3. The van der Waals surface area contributed by atoms with Crippen molar-refractivity contribution in [1.82, 2.24) is 9.88 Å². The van der Waals surface area contributed by atoms with Crippen LogP contribution in [0.4, 0.5) is 0 Å². The third kappa shape index (κ3) is 2.67. The van der Waals surface area contributed by atoms with Crippen LogP contribution in [0.25, 0.3) is 0 Å². The second kappa shape index (κ2) is 5.21. The van der Waals surface area contributed by atoms with Gasteiger partial charge in [0.05, 0.1) is 11.7 Å². The summed E-state index contributed by atoms with van der Waals surface area (Å²) < 4.78 is 0. The first-order valence-electron chi connectivity index (χ1n) is 5.90. The molecule has 3 nitrogen and oxygen atoms in total. The molecule has 1 atom stereocenters. The highest BCUT2D eigenvalue weighted by molar-refractivity contribution is 5.84. The summed E-state index contributed by atoms with van der Waals surface area (Å²) in [5.41, 5.74) is 1.03. The van der Waals surface area contributed by atoms with E-state index >= 15 is 0 Å². The van der Waals surface area contributed by atoms with Gasteiger partial charge in [0.2, 0.25) is 0 Å². The Morgan fingerprint density at radius 3 is 3.00 bits per heavy atom. The van der Waals surface area contributed by atoms with Gasteiger partial charge in [-0.15, -0.1) is 0 Å². The van der Waals surface area contributed by atoms with Gasteiger partial charge >= 0.3 is 0 Å². The summed E-state index contributed by atoms with van der Waals surface area (Å²) >= 11 is 0. The molecule has 0 aliphatic heterocycles. The van der Waals surface area contributed by atoms with E-state index in [9.17, 15) is 4.79 Å². The molecule has 2 rings (SSSR count). The second-order valence-corrected chi connectivity index (χ2v) is 4.46. The third-order valence-corrected chi connectivity index (χ3v) is 3.19. The highest BCUT2D eigenvalue weighted by Gasteiger charge is 2.25. The van der Waals surface area contributed by atoms with Crippen molar-refractivity contribution < 1.29 is 4.79 Å². The lowest BCUT2D eigenvalue weighted by atomic mass is 9.93. The molecule has 0 bridgehead atoms. The molecule has 1 saturated carbocycles. The average Bonchev–Trinajstić information content (AvgIpc) is 2.31. The minimum absolute atomic E-state index is 0.107. The van der Waals surface area contributed by atoms with Gasteiger partial charge in [0.15, 0.2) is 0 Å². The highest BCUT2D eigenvalue weighted by atomic mass is 16.1. The first-order valence-corrected chi connectivity index (χ1v) is 5.90. The van der Waals surface area contributed by atoms with Crippen molar-refractivity contribution in [1.29, 1.82) is 0 Å². The van der Waals surface area contributed by atoms with E-state index in [4.69, 9.17) is 0 Å². The first-order chi connectivity index (χ1) is 7.77. The van der Waals surface area contributed by atoms with E-state index in [-0.39, 0.29) is 6.04 Å². The van der Waals surface area contributed by atoms with Gasteiger partial charge in [0, 0.05) is 19.2 Å². The van der Waals surface area contributed by atoms with Crippen LogP contribution in [0.5, 0.6) is 0 Å². The molecule has 1 heterocycles. The quantitative estimate of drug-likeness (QED) is 0.778. The Bertz CT molecular complexity index is 350. The minimum Gasteiger partial charge on any atom is -0.298 e. The number of rotatable bonds is 3. The molecule has 1 unspecified atom stereocenters. The van der Waals surface area contributed by atoms with Crippen molar-refractivity contribution in [2.24, 2.45) is 0 Å². The van der Waals surface area contributed by atoms with Crippen molar-refractivity contribution in [3.63, 3.8) is 0 Å². The van der Waals surface area contributed by atoms with Gasteiger partial charge in [-0.2, -0.15) is 0 Å². The van der Waals surface area contributed by atoms with Crippen LogP contribution in [0.1, 0.15) is 31.4 Å². The number of carbonyl (C=O) groups excluding carboxylic acids is 1. The van der Waals surface area contributed by atoms with Crippen molar-refractivity contribution in [2.45, 2.75) is 38.3 Å². The number of aromatic nitrogens is 1. The lowest BCUT2D eigenvalue weighted by Gasteiger charge is -2.29. The first kappa shape index (κ1) is 11.3. The smallest absolute Gasteiger partial charge is 0.149 e. The maximum absolute atomic E-state index is 11.8. The second-order valence-electron chi connectivity index (χ2n) is 4.46. The summed E-state index contributed by atoms with van der Waals surface area (Å²) in [5.74, 6) is 0.393. The lowest BCUT2D eigenvalue weighted by molar-refractivity contribution is -0.125. The van der Waals surface area contributed by atoms with Gasteiger partial charge in [-0.25, -0.2) is 0 Å². The van der Waals surface area contributed by atoms with Crippen LogP contribution in [0.15, 0.2) is 24.4 Å². The number of pyridine rings is 1. The summed E-state index contributed by atoms with van der Waals surface area (Å²) in [6.07, 6.45) is 5.78. The van der Waals surface area contributed by atoms with Crippen LogP contribution in [-0.2, 0) is 11.3 Å². The fourth-order valence-electron chi connectivity index (χ4n) is 2.29. The minimum atomic E-state index is 0.107. The average molecular weight is 218 g/mol. The van der Waals surface area contributed by atoms with E-state index < -0.39 is 0 Å². The van der Waals surface area contributed by atoms with E-state index in [0.717, 1.165) is 31.5 Å². The van der Waals surface area contributed by atoms with Crippen LogP contribution in [0.2, 0.25) is 0 Å². The maximum atomic E-state index is 11.8. The number of Topliss-reactive ketones (excluding diaryl/α,β-unsaturated/α-hetero) is 1. The molecule has 1 aromatic heterocycles. The fourth-order valence-corrected chi connectivity index (χ4v) is 2.29. The topological polar surface area (TPSA) is 33.2 Å². The molecular formula is C13H18N2O. The lowest BCUT2D eigenvalue weighted by Crippen LogP contribution is -2.40. The normalized spacial score (nSPS) is 21.4. The van der Waals surface area contributed by atoms with Gasteiger partial charge in [-0.3, -0.25) is 14.7 Å². The van der Waals surface area contributed by atoms with Gasteiger partial charge in [-0.05, 0) is 32.0 Å². The molecular weight excluding hydrogens is 200 g/mol. The number of hydrogen-bond acceptors (Lipinski definition) is 3. The van der Waals surface area contributed by atoms with Crippen molar-refractivity contribution >= 4 is 5.78 Å². The molecule has 16 heavy (non-hydrogen) atoms. The fraction of sp³-hybridized carbons (Fsp3) is 0.538. The monoisotopic (exact) mass is 218 g/mol. The number of likely N-dealkylation sites (N-methyl/N-ethyl adjacent to an activating group) is 1. The van der Waals surface area contributed by atoms with Crippen LogP contribution in [0, 0.1) is 0 Å². The summed E-state index contributed by atoms with van der Waals surface area (Å²) in [4.78, 5) is 18.2. The van der Waals surface area contributed by atoms with E-state index in [2.05, 4.69) is 9.88 Å². The largest absolute Gasteiger partial charge is 0.298 e. The molecule has 0 radical (unpaired) electrons. The Kier molecular flexibility index (Phi) is 3.67. The summed E-state index contributed by atoms with van der Waals surface area (Å²) in [7, 11) is 2.02. The predicted molar refractivity (Wildman–Crippen MR) is 63.0 cm³/mol. The predicted octanol–water partition coefficient (Wildman–Crippen LogP) is 2.03. The highest BCUT2D eigenvalue weighted by Crippen LogP contribution is 2.19. The Hall–Kier alpha value is -1.22. The molecule has 1 aromatic rings. The van der Waals surface area contributed by atoms with E-state index in [0.29, 0.717) is 5.78 Å². The summed E-state index contributed by atoms with van der Waals surface area (Å²) in [6, 6.07) is 6.01.